The van der Waals surface area contributed by atoms with Gasteiger partial charge in [0, 0.05) is 32.1 Å². The highest BCUT2D eigenvalue weighted by Gasteiger charge is 2.25. The van der Waals surface area contributed by atoms with E-state index in [1.165, 1.54) is 19.3 Å². The molecule has 0 unspecified atom stereocenters. The highest BCUT2D eigenvalue weighted by Crippen LogP contribution is 2.27. The Morgan fingerprint density at radius 3 is 2.69 bits per heavy atom. The van der Waals surface area contributed by atoms with Crippen LogP contribution >= 0.6 is 0 Å². The van der Waals surface area contributed by atoms with Crippen LogP contribution in [-0.2, 0) is 4.79 Å². The van der Waals surface area contributed by atoms with Crippen molar-refractivity contribution in [1.29, 1.82) is 0 Å². The second kappa shape index (κ2) is 10.5. The van der Waals surface area contributed by atoms with Crippen molar-refractivity contribution in [3.05, 3.63) is 17.7 Å². The van der Waals surface area contributed by atoms with Crippen molar-refractivity contribution in [3.8, 4) is 0 Å². The molecular weight excluding hydrogens is 368 g/mol. The second-order valence-electron chi connectivity index (χ2n) is 8.35. The number of aromatic nitrogens is 1. The molecule has 0 spiro atoms. The Balaban J connectivity index is 1.74. The van der Waals surface area contributed by atoms with Gasteiger partial charge in [-0.3, -0.25) is 9.59 Å². The molecule has 29 heavy (non-hydrogen) atoms. The third-order valence-electron chi connectivity index (χ3n) is 5.91. The number of carboxylic acids is 1. The van der Waals surface area contributed by atoms with Gasteiger partial charge in [-0.1, -0.05) is 26.2 Å². The Morgan fingerprint density at radius 1 is 1.17 bits per heavy atom. The van der Waals surface area contributed by atoms with E-state index in [-0.39, 0.29) is 24.3 Å². The fourth-order valence-corrected chi connectivity index (χ4v) is 4.38. The summed E-state index contributed by atoms with van der Waals surface area (Å²) in [6, 6.07) is 4.02. The molecule has 0 radical (unpaired) electrons. The van der Waals surface area contributed by atoms with Gasteiger partial charge in [0.15, 0.2) is 0 Å². The van der Waals surface area contributed by atoms with Crippen LogP contribution in [0.3, 0.4) is 0 Å². The summed E-state index contributed by atoms with van der Waals surface area (Å²) in [5, 5.41) is 15.6. The third-order valence-corrected chi connectivity index (χ3v) is 5.91. The Labute approximate surface area is 173 Å². The van der Waals surface area contributed by atoms with Crippen molar-refractivity contribution >= 4 is 23.5 Å². The van der Waals surface area contributed by atoms with Crippen LogP contribution in [0.4, 0.5) is 11.6 Å². The maximum atomic E-state index is 12.9. The number of nitrogens with one attached hydrogen (secondary N) is 2. The fourth-order valence-electron chi connectivity index (χ4n) is 4.38. The summed E-state index contributed by atoms with van der Waals surface area (Å²) in [7, 11) is 0. The maximum absolute atomic E-state index is 12.9. The van der Waals surface area contributed by atoms with Crippen LogP contribution in [0.25, 0.3) is 0 Å². The van der Waals surface area contributed by atoms with E-state index < -0.39 is 5.97 Å². The summed E-state index contributed by atoms with van der Waals surface area (Å²) in [5.74, 6) is 0.775. The molecule has 3 N–H and O–H groups in total. The van der Waals surface area contributed by atoms with Crippen LogP contribution in [-0.4, -0.2) is 47.6 Å². The molecule has 3 rings (SSSR count). The van der Waals surface area contributed by atoms with Crippen LogP contribution in [0, 0.1) is 5.92 Å². The lowest BCUT2D eigenvalue weighted by Crippen LogP contribution is -2.38. The molecule has 1 aliphatic heterocycles. The lowest BCUT2D eigenvalue weighted by molar-refractivity contribution is -0.138. The molecule has 2 aliphatic rings. The van der Waals surface area contributed by atoms with Crippen LogP contribution in [0.2, 0.25) is 0 Å². The van der Waals surface area contributed by atoms with E-state index in [1.54, 1.807) is 0 Å². The fraction of sp³-hybridized carbons (Fsp3) is 0.682. The quantitative estimate of drug-likeness (QED) is 0.614. The SMILES string of the molecule is CCCNc1nc(N2CCC[C@@H](CC(=O)O)C2)ccc1C(=O)NC1CCCCC1. The zero-order valence-corrected chi connectivity index (χ0v) is 17.5. The van der Waals surface area contributed by atoms with Gasteiger partial charge in [-0.2, -0.15) is 0 Å². The molecule has 1 amide bonds. The molecule has 7 nitrogen and oxygen atoms in total. The number of pyridine rings is 1. The molecule has 1 saturated heterocycles. The number of piperidine rings is 1. The first-order chi connectivity index (χ1) is 14.1. The number of amides is 1. The van der Waals surface area contributed by atoms with Crippen molar-refractivity contribution in [2.75, 3.05) is 29.9 Å². The first-order valence-electron chi connectivity index (χ1n) is 11.1. The molecule has 1 atom stereocenters. The number of hydrogen-bond acceptors (Lipinski definition) is 5. The van der Waals surface area contributed by atoms with Gasteiger partial charge in [-0.15, -0.1) is 0 Å². The topological polar surface area (TPSA) is 94.6 Å². The summed E-state index contributed by atoms with van der Waals surface area (Å²) < 4.78 is 0. The monoisotopic (exact) mass is 402 g/mol. The van der Waals surface area contributed by atoms with E-state index in [1.807, 2.05) is 12.1 Å². The standard InChI is InChI=1S/C22H34N4O3/c1-2-12-23-21-18(22(29)24-17-8-4-3-5-9-17)10-11-19(25-21)26-13-6-7-16(15-26)14-20(27)28/h10-11,16-17H,2-9,12-15H2,1H3,(H,23,25)(H,24,29)(H,27,28)/t16-/m0/s1. The molecular formula is C22H34N4O3. The van der Waals surface area contributed by atoms with E-state index in [9.17, 15) is 9.59 Å². The number of carbonyl (C=O) groups excluding carboxylic acids is 1. The van der Waals surface area contributed by atoms with Crippen molar-refractivity contribution in [1.82, 2.24) is 10.3 Å². The normalized spacial score (nSPS) is 20.3. The number of carboxylic acid groups (broad SMARTS) is 1. The van der Waals surface area contributed by atoms with E-state index in [2.05, 4.69) is 22.5 Å². The molecule has 2 heterocycles. The van der Waals surface area contributed by atoms with Crippen LogP contribution in [0.15, 0.2) is 12.1 Å². The number of hydrogen-bond donors (Lipinski definition) is 3. The molecule has 0 aromatic carbocycles. The van der Waals surface area contributed by atoms with Crippen molar-refractivity contribution < 1.29 is 14.7 Å². The number of anilines is 2. The van der Waals surface area contributed by atoms with Gasteiger partial charge < -0.3 is 20.6 Å². The second-order valence-corrected chi connectivity index (χ2v) is 8.35. The van der Waals surface area contributed by atoms with Crippen LogP contribution in [0.5, 0.6) is 0 Å². The lowest BCUT2D eigenvalue weighted by Gasteiger charge is -2.33. The minimum Gasteiger partial charge on any atom is -0.481 e. The van der Waals surface area contributed by atoms with Gasteiger partial charge in [0.05, 0.1) is 5.56 Å². The predicted molar refractivity (Wildman–Crippen MR) is 115 cm³/mol. The first-order valence-corrected chi connectivity index (χ1v) is 11.1. The predicted octanol–water partition coefficient (Wildman–Crippen LogP) is 3.66. The number of rotatable bonds is 8. The van der Waals surface area contributed by atoms with Crippen LogP contribution < -0.4 is 15.5 Å². The highest BCUT2D eigenvalue weighted by molar-refractivity contribution is 5.99. The number of carbonyl (C=O) groups is 2. The zero-order valence-electron chi connectivity index (χ0n) is 17.5. The molecule has 1 aromatic rings. The molecule has 0 bridgehead atoms. The van der Waals surface area contributed by atoms with E-state index in [4.69, 9.17) is 10.1 Å². The van der Waals surface area contributed by atoms with E-state index in [0.717, 1.165) is 51.0 Å². The van der Waals surface area contributed by atoms with Crippen LogP contribution in [0.1, 0.15) is 75.1 Å². The zero-order chi connectivity index (χ0) is 20.6. The molecule has 1 saturated carbocycles. The average Bonchev–Trinajstić information content (AvgIpc) is 2.72. The molecule has 1 aromatic heterocycles. The largest absolute Gasteiger partial charge is 0.481 e. The van der Waals surface area contributed by atoms with Crippen molar-refractivity contribution in [3.63, 3.8) is 0 Å². The maximum Gasteiger partial charge on any atom is 0.303 e. The highest BCUT2D eigenvalue weighted by atomic mass is 16.4. The number of nitrogens with zero attached hydrogens (tertiary/aromatic N) is 2. The molecule has 160 valence electrons. The van der Waals surface area contributed by atoms with Gasteiger partial charge >= 0.3 is 5.97 Å². The Bertz CT molecular complexity index is 703. The van der Waals surface area contributed by atoms with Crippen molar-refractivity contribution in [2.24, 2.45) is 5.92 Å². The smallest absolute Gasteiger partial charge is 0.303 e. The summed E-state index contributed by atoms with van der Waals surface area (Å²) in [6.07, 6.45) is 8.74. The van der Waals surface area contributed by atoms with E-state index >= 15 is 0 Å². The van der Waals surface area contributed by atoms with Gasteiger partial charge in [-0.25, -0.2) is 4.98 Å². The van der Waals surface area contributed by atoms with Gasteiger partial charge in [0.25, 0.3) is 5.91 Å². The van der Waals surface area contributed by atoms with Crippen molar-refractivity contribution in [2.45, 2.75) is 70.8 Å². The summed E-state index contributed by atoms with van der Waals surface area (Å²) >= 11 is 0. The summed E-state index contributed by atoms with van der Waals surface area (Å²) in [4.78, 5) is 30.9. The molecule has 2 fully saturated rings. The third kappa shape index (κ3) is 6.08. The minimum absolute atomic E-state index is 0.0584. The Hall–Kier alpha value is -2.31. The van der Waals surface area contributed by atoms with Gasteiger partial charge in [0.1, 0.15) is 11.6 Å². The minimum atomic E-state index is -0.746. The molecule has 1 aliphatic carbocycles. The summed E-state index contributed by atoms with van der Waals surface area (Å²) in [5.41, 5.74) is 0.590. The van der Waals surface area contributed by atoms with E-state index in [0.29, 0.717) is 17.9 Å². The first kappa shape index (κ1) is 21.4. The Kier molecular flexibility index (Phi) is 7.72. The average molecular weight is 403 g/mol. The van der Waals surface area contributed by atoms with Gasteiger partial charge in [0.2, 0.25) is 0 Å². The summed E-state index contributed by atoms with van der Waals surface area (Å²) in [6.45, 7) is 4.39. The Morgan fingerprint density at radius 2 is 1.97 bits per heavy atom. The number of aliphatic carboxylic acids is 1. The lowest BCUT2D eigenvalue weighted by atomic mass is 9.95. The molecule has 7 heteroatoms. The van der Waals surface area contributed by atoms with Gasteiger partial charge in [-0.05, 0) is 50.2 Å².